The van der Waals surface area contributed by atoms with Gasteiger partial charge < -0.3 is 10.7 Å². The van der Waals surface area contributed by atoms with Crippen LogP contribution in [0.2, 0.25) is 0 Å². The minimum Gasteiger partial charge on any atom is -0.367 e. The summed E-state index contributed by atoms with van der Waals surface area (Å²) in [5, 5.41) is 3.49. The van der Waals surface area contributed by atoms with Crippen molar-refractivity contribution in [2.24, 2.45) is 11.8 Å². The molecule has 0 aliphatic heterocycles. The van der Waals surface area contributed by atoms with E-state index in [4.69, 9.17) is 5.84 Å². The lowest BCUT2D eigenvalue weighted by Gasteiger charge is -2.19. The second-order valence-corrected chi connectivity index (χ2v) is 5.87. The number of anilines is 2. The van der Waals surface area contributed by atoms with Crippen molar-refractivity contribution in [1.82, 2.24) is 9.97 Å². The molecule has 5 heteroatoms. The van der Waals surface area contributed by atoms with Crippen molar-refractivity contribution in [2.75, 3.05) is 10.7 Å². The van der Waals surface area contributed by atoms with Gasteiger partial charge in [-0.3, -0.25) is 0 Å². The van der Waals surface area contributed by atoms with Crippen LogP contribution < -0.4 is 16.6 Å². The third kappa shape index (κ3) is 4.96. The van der Waals surface area contributed by atoms with Gasteiger partial charge in [0.2, 0.25) is 0 Å². The second-order valence-electron chi connectivity index (χ2n) is 5.87. The van der Waals surface area contributed by atoms with Crippen LogP contribution in [0.3, 0.4) is 0 Å². The van der Waals surface area contributed by atoms with Crippen molar-refractivity contribution in [1.29, 1.82) is 0 Å². The summed E-state index contributed by atoms with van der Waals surface area (Å²) in [6, 6.07) is 0.395. The first-order valence-electron chi connectivity index (χ1n) is 7.58. The molecule has 0 saturated heterocycles. The summed E-state index contributed by atoms with van der Waals surface area (Å²) in [7, 11) is 0. The minimum atomic E-state index is 0.395. The molecule has 0 aromatic carbocycles. The van der Waals surface area contributed by atoms with Crippen LogP contribution in [0, 0.1) is 12.8 Å². The molecule has 0 radical (unpaired) electrons. The Bertz CT molecular complexity index is 417. The van der Waals surface area contributed by atoms with Crippen LogP contribution in [0.15, 0.2) is 0 Å². The number of hydrazine groups is 1. The fourth-order valence-corrected chi connectivity index (χ4v) is 2.07. The highest BCUT2D eigenvalue weighted by molar-refractivity contribution is 5.57. The Hall–Kier alpha value is -1.36. The van der Waals surface area contributed by atoms with Crippen LogP contribution in [0.25, 0.3) is 0 Å². The Labute approximate surface area is 122 Å². The van der Waals surface area contributed by atoms with Gasteiger partial charge in [0.25, 0.3) is 0 Å². The molecule has 5 nitrogen and oxygen atoms in total. The summed E-state index contributed by atoms with van der Waals surface area (Å²) in [6.45, 7) is 10.8. The summed E-state index contributed by atoms with van der Waals surface area (Å²) in [6.07, 6.45) is 4.23. The highest BCUT2D eigenvalue weighted by Gasteiger charge is 2.12. The van der Waals surface area contributed by atoms with E-state index in [1.54, 1.807) is 0 Å². The van der Waals surface area contributed by atoms with Crippen molar-refractivity contribution in [2.45, 2.75) is 66.3 Å². The number of rotatable bonds is 8. The van der Waals surface area contributed by atoms with E-state index in [2.05, 4.69) is 48.4 Å². The molecule has 1 atom stereocenters. The predicted molar refractivity (Wildman–Crippen MR) is 85.7 cm³/mol. The lowest BCUT2D eigenvalue weighted by Crippen LogP contribution is -2.20. The maximum atomic E-state index is 5.55. The second kappa shape index (κ2) is 8.04. The molecule has 4 N–H and O–H groups in total. The molecule has 1 heterocycles. The minimum absolute atomic E-state index is 0.395. The molecule has 0 saturated carbocycles. The van der Waals surface area contributed by atoms with E-state index in [0.29, 0.717) is 11.9 Å². The smallest absolute Gasteiger partial charge is 0.148 e. The molecular formula is C15H29N5. The van der Waals surface area contributed by atoms with E-state index < -0.39 is 0 Å². The third-order valence-electron chi connectivity index (χ3n) is 3.36. The van der Waals surface area contributed by atoms with E-state index in [-0.39, 0.29) is 0 Å². The molecule has 1 aromatic heterocycles. The first kappa shape index (κ1) is 16.7. The fourth-order valence-electron chi connectivity index (χ4n) is 2.07. The van der Waals surface area contributed by atoms with Crippen LogP contribution in [0.5, 0.6) is 0 Å². The van der Waals surface area contributed by atoms with Gasteiger partial charge in [0.15, 0.2) is 0 Å². The van der Waals surface area contributed by atoms with Gasteiger partial charge >= 0.3 is 0 Å². The van der Waals surface area contributed by atoms with E-state index in [1.165, 1.54) is 6.42 Å². The Morgan fingerprint density at radius 2 is 1.75 bits per heavy atom. The summed E-state index contributed by atoms with van der Waals surface area (Å²) in [5.74, 6) is 8.71. The van der Waals surface area contributed by atoms with Crippen molar-refractivity contribution in [3.63, 3.8) is 0 Å². The first-order chi connectivity index (χ1) is 9.47. The molecule has 0 spiro atoms. The average Bonchev–Trinajstić information content (AvgIpc) is 2.40. The van der Waals surface area contributed by atoms with E-state index in [1.807, 2.05) is 6.92 Å². The van der Waals surface area contributed by atoms with Gasteiger partial charge in [-0.1, -0.05) is 20.8 Å². The molecular weight excluding hydrogens is 250 g/mol. The number of hydrogen-bond acceptors (Lipinski definition) is 5. The summed E-state index contributed by atoms with van der Waals surface area (Å²) in [5.41, 5.74) is 3.64. The molecule has 0 bridgehead atoms. The molecule has 0 aliphatic carbocycles. The lowest BCUT2D eigenvalue weighted by molar-refractivity contribution is 0.527. The maximum Gasteiger partial charge on any atom is 0.148 e. The van der Waals surface area contributed by atoms with Crippen molar-refractivity contribution in [3.05, 3.63) is 11.4 Å². The standard InChI is InChI=1S/C15H29N5/c1-6-7-13-18-14(12(5)15(19-13)20-16)17-11(4)9-8-10(2)3/h10-11H,6-9,16H2,1-5H3,(H2,17,18,19,20). The van der Waals surface area contributed by atoms with Gasteiger partial charge in [-0.15, -0.1) is 0 Å². The molecule has 1 aromatic rings. The zero-order chi connectivity index (χ0) is 15.1. The Kier molecular flexibility index (Phi) is 6.71. The Morgan fingerprint density at radius 3 is 2.30 bits per heavy atom. The van der Waals surface area contributed by atoms with E-state index in [0.717, 1.165) is 42.4 Å². The fraction of sp³-hybridized carbons (Fsp3) is 0.733. The van der Waals surface area contributed by atoms with Crippen LogP contribution in [0.1, 0.15) is 58.3 Å². The van der Waals surface area contributed by atoms with Crippen LogP contribution in [0.4, 0.5) is 11.6 Å². The highest BCUT2D eigenvalue weighted by atomic mass is 15.3. The number of nitrogen functional groups attached to an aromatic ring is 1. The molecule has 0 amide bonds. The van der Waals surface area contributed by atoms with Crippen molar-refractivity contribution < 1.29 is 0 Å². The number of nitrogens with zero attached hydrogens (tertiary/aromatic N) is 2. The van der Waals surface area contributed by atoms with Crippen LogP contribution in [-0.2, 0) is 6.42 Å². The topological polar surface area (TPSA) is 75.9 Å². The molecule has 20 heavy (non-hydrogen) atoms. The zero-order valence-electron chi connectivity index (χ0n) is 13.5. The number of aryl methyl sites for hydroxylation is 1. The van der Waals surface area contributed by atoms with Crippen molar-refractivity contribution in [3.8, 4) is 0 Å². The summed E-state index contributed by atoms with van der Waals surface area (Å²) < 4.78 is 0. The third-order valence-corrected chi connectivity index (χ3v) is 3.36. The highest BCUT2D eigenvalue weighted by Crippen LogP contribution is 2.21. The Morgan fingerprint density at radius 1 is 1.10 bits per heavy atom. The van der Waals surface area contributed by atoms with Gasteiger partial charge in [0.05, 0.1) is 0 Å². The predicted octanol–water partition coefficient (Wildman–Crippen LogP) is 3.26. The normalized spacial score (nSPS) is 12.6. The maximum absolute atomic E-state index is 5.55. The summed E-state index contributed by atoms with van der Waals surface area (Å²) >= 11 is 0. The van der Waals surface area contributed by atoms with E-state index >= 15 is 0 Å². The van der Waals surface area contributed by atoms with Gasteiger partial charge in [0.1, 0.15) is 17.5 Å². The molecule has 114 valence electrons. The van der Waals surface area contributed by atoms with Gasteiger partial charge in [-0.25, -0.2) is 15.8 Å². The monoisotopic (exact) mass is 279 g/mol. The number of nitrogens with two attached hydrogens (primary N) is 1. The zero-order valence-corrected chi connectivity index (χ0v) is 13.5. The van der Waals surface area contributed by atoms with E-state index in [9.17, 15) is 0 Å². The molecule has 1 unspecified atom stereocenters. The molecule has 0 fully saturated rings. The van der Waals surface area contributed by atoms with Gasteiger partial charge in [-0.05, 0) is 39.0 Å². The molecule has 1 rings (SSSR count). The average molecular weight is 279 g/mol. The Balaban J connectivity index is 2.84. The van der Waals surface area contributed by atoms with Gasteiger partial charge in [-0.2, -0.15) is 0 Å². The largest absolute Gasteiger partial charge is 0.367 e. The lowest BCUT2D eigenvalue weighted by atomic mass is 10.0. The first-order valence-corrected chi connectivity index (χ1v) is 7.58. The SMILES string of the molecule is CCCc1nc(NN)c(C)c(NC(C)CCC(C)C)n1. The van der Waals surface area contributed by atoms with Gasteiger partial charge in [0, 0.05) is 18.0 Å². The van der Waals surface area contributed by atoms with Crippen molar-refractivity contribution >= 4 is 11.6 Å². The quantitative estimate of drug-likeness (QED) is 0.503. The van der Waals surface area contributed by atoms with Crippen LogP contribution >= 0.6 is 0 Å². The number of nitrogens with one attached hydrogen (secondary N) is 2. The van der Waals surface area contributed by atoms with Crippen LogP contribution in [-0.4, -0.2) is 16.0 Å². The molecule has 0 aliphatic rings. The summed E-state index contributed by atoms with van der Waals surface area (Å²) in [4.78, 5) is 9.06. The number of aromatic nitrogens is 2. The number of hydrogen-bond donors (Lipinski definition) is 3.